The molecule has 0 spiro atoms. The van der Waals surface area contributed by atoms with Crippen molar-refractivity contribution in [2.75, 3.05) is 5.32 Å². The van der Waals surface area contributed by atoms with Gasteiger partial charge in [0.2, 0.25) is 0 Å². The van der Waals surface area contributed by atoms with Crippen LogP contribution in [-0.4, -0.2) is 35.2 Å². The lowest BCUT2D eigenvalue weighted by molar-refractivity contribution is 0.102. The zero-order chi connectivity index (χ0) is 22.8. The number of nitrogens with one attached hydrogen (secondary N) is 1. The number of nitrogens with zero attached hydrogens (tertiary/aromatic N) is 6. The average Bonchev–Trinajstić information content (AvgIpc) is 3.44. The van der Waals surface area contributed by atoms with Gasteiger partial charge in [-0.2, -0.15) is 0 Å². The van der Waals surface area contributed by atoms with E-state index in [0.717, 1.165) is 12.1 Å². The Morgan fingerprint density at radius 1 is 1.22 bits per heavy atom. The summed E-state index contributed by atoms with van der Waals surface area (Å²) in [6.07, 6.45) is 5.96. The fourth-order valence-electron chi connectivity index (χ4n) is 3.41. The SMILES string of the molecule is CCc1cn(-c2cc(C(=O)Nc3cccc(-c4nncn4C(C)C)n3)c(F)cc2C)cn1. The minimum Gasteiger partial charge on any atom is -0.310 e. The highest BCUT2D eigenvalue weighted by atomic mass is 19.1. The highest BCUT2D eigenvalue weighted by molar-refractivity contribution is 6.04. The lowest BCUT2D eigenvalue weighted by Gasteiger charge is -2.12. The van der Waals surface area contributed by atoms with Gasteiger partial charge in [0, 0.05) is 12.2 Å². The Hall–Kier alpha value is -3.88. The molecule has 9 heteroatoms. The number of benzene rings is 1. The zero-order valence-corrected chi connectivity index (χ0v) is 18.4. The molecule has 1 aromatic carbocycles. The number of imidazole rings is 1. The van der Waals surface area contributed by atoms with E-state index in [1.54, 1.807) is 42.3 Å². The second-order valence-corrected chi connectivity index (χ2v) is 7.76. The van der Waals surface area contributed by atoms with Crippen molar-refractivity contribution in [3.8, 4) is 17.2 Å². The first-order chi connectivity index (χ1) is 15.4. The molecule has 32 heavy (non-hydrogen) atoms. The molecular weight excluding hydrogens is 409 g/mol. The van der Waals surface area contributed by atoms with E-state index in [-0.39, 0.29) is 11.6 Å². The van der Waals surface area contributed by atoms with Gasteiger partial charge < -0.3 is 14.5 Å². The number of aromatic nitrogens is 6. The van der Waals surface area contributed by atoms with Crippen molar-refractivity contribution >= 4 is 11.7 Å². The third-order valence-corrected chi connectivity index (χ3v) is 5.16. The molecule has 0 bridgehead atoms. The second kappa shape index (κ2) is 8.70. The summed E-state index contributed by atoms with van der Waals surface area (Å²) >= 11 is 0. The van der Waals surface area contributed by atoms with Crippen LogP contribution in [0.15, 0.2) is 49.2 Å². The highest BCUT2D eigenvalue weighted by Crippen LogP contribution is 2.23. The maximum Gasteiger partial charge on any atom is 0.259 e. The van der Waals surface area contributed by atoms with Crippen LogP contribution in [0.1, 0.15) is 48.4 Å². The van der Waals surface area contributed by atoms with Crippen LogP contribution in [-0.2, 0) is 6.42 Å². The molecule has 1 N–H and O–H groups in total. The fourth-order valence-corrected chi connectivity index (χ4v) is 3.41. The highest BCUT2D eigenvalue weighted by Gasteiger charge is 2.18. The predicted octanol–water partition coefficient (Wildman–Crippen LogP) is 4.37. The smallest absolute Gasteiger partial charge is 0.259 e. The van der Waals surface area contributed by atoms with Crippen LogP contribution in [0.2, 0.25) is 0 Å². The van der Waals surface area contributed by atoms with E-state index in [0.29, 0.717) is 28.6 Å². The summed E-state index contributed by atoms with van der Waals surface area (Å²) in [6.45, 7) is 7.83. The number of rotatable bonds is 6. The number of amides is 1. The molecular formula is C23H24FN7O. The summed E-state index contributed by atoms with van der Waals surface area (Å²) in [5.74, 6) is -0.306. The van der Waals surface area contributed by atoms with E-state index >= 15 is 0 Å². The van der Waals surface area contributed by atoms with E-state index in [9.17, 15) is 9.18 Å². The van der Waals surface area contributed by atoms with Crippen LogP contribution >= 0.6 is 0 Å². The van der Waals surface area contributed by atoms with Crippen LogP contribution in [0.4, 0.5) is 10.2 Å². The zero-order valence-electron chi connectivity index (χ0n) is 18.4. The van der Waals surface area contributed by atoms with E-state index < -0.39 is 11.7 Å². The Morgan fingerprint density at radius 2 is 2.03 bits per heavy atom. The Balaban J connectivity index is 1.63. The molecule has 0 unspecified atom stereocenters. The van der Waals surface area contributed by atoms with E-state index in [1.807, 2.05) is 31.5 Å². The lowest BCUT2D eigenvalue weighted by Crippen LogP contribution is -2.16. The van der Waals surface area contributed by atoms with E-state index in [1.165, 1.54) is 12.1 Å². The normalized spacial score (nSPS) is 11.2. The molecule has 1 amide bonds. The van der Waals surface area contributed by atoms with Gasteiger partial charge in [-0.1, -0.05) is 13.0 Å². The van der Waals surface area contributed by atoms with Gasteiger partial charge in [0.15, 0.2) is 5.82 Å². The summed E-state index contributed by atoms with van der Waals surface area (Å²) in [4.78, 5) is 21.7. The van der Waals surface area contributed by atoms with Crippen LogP contribution < -0.4 is 5.32 Å². The molecule has 8 nitrogen and oxygen atoms in total. The Labute approximate surface area is 185 Å². The Kier molecular flexibility index (Phi) is 5.81. The quantitative estimate of drug-likeness (QED) is 0.488. The standard InChI is InChI=1S/C23H24FN7O/c1-5-16-11-30(12-25-16)20-10-17(18(24)9-15(20)4)23(32)28-21-8-6-7-19(27-21)22-29-26-13-31(22)14(2)3/h6-14H,5H2,1-4H3,(H,27,28,32). The molecule has 4 aromatic rings. The third kappa shape index (κ3) is 4.14. The van der Waals surface area contributed by atoms with Crippen molar-refractivity contribution in [1.82, 2.24) is 29.3 Å². The molecule has 0 aliphatic heterocycles. The van der Waals surface area contributed by atoms with Gasteiger partial charge in [0.05, 0.1) is 23.3 Å². The summed E-state index contributed by atoms with van der Waals surface area (Å²) in [5.41, 5.74) is 2.79. The van der Waals surface area contributed by atoms with Crippen molar-refractivity contribution in [2.45, 2.75) is 40.2 Å². The minimum atomic E-state index is -0.602. The molecule has 0 saturated heterocycles. The summed E-state index contributed by atoms with van der Waals surface area (Å²) in [5, 5.41) is 10.8. The number of carbonyl (C=O) groups is 1. The maximum atomic E-state index is 14.7. The van der Waals surface area contributed by atoms with Crippen LogP contribution in [0.3, 0.4) is 0 Å². The molecule has 0 aliphatic rings. The summed E-state index contributed by atoms with van der Waals surface area (Å²) in [7, 11) is 0. The molecule has 0 radical (unpaired) electrons. The number of hydrogen-bond donors (Lipinski definition) is 1. The molecule has 0 atom stereocenters. The minimum absolute atomic E-state index is 0.0742. The van der Waals surface area contributed by atoms with Crippen LogP contribution in [0, 0.1) is 12.7 Å². The largest absolute Gasteiger partial charge is 0.310 e. The third-order valence-electron chi connectivity index (χ3n) is 5.16. The first-order valence-corrected chi connectivity index (χ1v) is 10.4. The van der Waals surface area contributed by atoms with Crippen molar-refractivity contribution in [3.05, 3.63) is 71.8 Å². The summed E-state index contributed by atoms with van der Waals surface area (Å²) < 4.78 is 18.4. The number of carbonyl (C=O) groups excluding carboxylic acids is 1. The summed E-state index contributed by atoms with van der Waals surface area (Å²) in [6, 6.07) is 8.22. The monoisotopic (exact) mass is 433 g/mol. The first-order valence-electron chi connectivity index (χ1n) is 10.4. The Bertz CT molecular complexity index is 1280. The predicted molar refractivity (Wildman–Crippen MR) is 119 cm³/mol. The molecule has 3 heterocycles. The molecule has 0 saturated carbocycles. The van der Waals surface area contributed by atoms with Crippen molar-refractivity contribution < 1.29 is 9.18 Å². The van der Waals surface area contributed by atoms with Crippen molar-refractivity contribution in [3.63, 3.8) is 0 Å². The van der Waals surface area contributed by atoms with Gasteiger partial charge in [-0.05, 0) is 57.0 Å². The topological polar surface area (TPSA) is 90.5 Å². The molecule has 3 aromatic heterocycles. The van der Waals surface area contributed by atoms with Crippen LogP contribution in [0.25, 0.3) is 17.2 Å². The van der Waals surface area contributed by atoms with Gasteiger partial charge in [-0.15, -0.1) is 10.2 Å². The van der Waals surface area contributed by atoms with E-state index in [4.69, 9.17) is 0 Å². The lowest BCUT2D eigenvalue weighted by atomic mass is 10.1. The van der Waals surface area contributed by atoms with Gasteiger partial charge in [0.25, 0.3) is 5.91 Å². The van der Waals surface area contributed by atoms with Crippen LogP contribution in [0.5, 0.6) is 0 Å². The van der Waals surface area contributed by atoms with Gasteiger partial charge in [-0.3, -0.25) is 4.79 Å². The van der Waals surface area contributed by atoms with Crippen molar-refractivity contribution in [2.24, 2.45) is 0 Å². The Morgan fingerprint density at radius 3 is 2.75 bits per heavy atom. The van der Waals surface area contributed by atoms with E-state index in [2.05, 4.69) is 25.5 Å². The van der Waals surface area contributed by atoms with Gasteiger partial charge >= 0.3 is 0 Å². The van der Waals surface area contributed by atoms with Crippen molar-refractivity contribution in [1.29, 1.82) is 0 Å². The van der Waals surface area contributed by atoms with Gasteiger partial charge in [0.1, 0.15) is 23.7 Å². The second-order valence-electron chi connectivity index (χ2n) is 7.76. The fraction of sp³-hybridized carbons (Fsp3) is 0.261. The maximum absolute atomic E-state index is 14.7. The number of anilines is 1. The number of pyridine rings is 1. The number of halogens is 1. The first kappa shape index (κ1) is 21.4. The van der Waals surface area contributed by atoms with Gasteiger partial charge in [-0.25, -0.2) is 14.4 Å². The number of hydrogen-bond acceptors (Lipinski definition) is 5. The molecule has 164 valence electrons. The number of aryl methyl sites for hydroxylation is 2. The molecule has 0 fully saturated rings. The molecule has 0 aliphatic carbocycles. The molecule has 4 rings (SSSR count). The average molecular weight is 433 g/mol.